The van der Waals surface area contributed by atoms with Crippen molar-refractivity contribution in [3.05, 3.63) is 28.8 Å². The van der Waals surface area contributed by atoms with Gasteiger partial charge in [0.25, 0.3) is 0 Å². The van der Waals surface area contributed by atoms with Crippen molar-refractivity contribution in [3.63, 3.8) is 0 Å². The monoisotopic (exact) mass is 412 g/mol. The highest BCUT2D eigenvalue weighted by Crippen LogP contribution is 2.28. The normalized spacial score (nSPS) is 11.7. The molecule has 4 heteroatoms. The van der Waals surface area contributed by atoms with Gasteiger partial charge in [-0.1, -0.05) is 95.2 Å². The Morgan fingerprint density at radius 1 is 0.815 bits per heavy atom. The molecule has 0 aliphatic carbocycles. The fourth-order valence-electron chi connectivity index (χ4n) is 3.24. The van der Waals surface area contributed by atoms with E-state index in [2.05, 4.69) is 20.0 Å². The highest BCUT2D eigenvalue weighted by Gasteiger charge is 2.27. The molecule has 2 nitrogen and oxygen atoms in total. The summed E-state index contributed by atoms with van der Waals surface area (Å²) < 4.78 is 12.2. The summed E-state index contributed by atoms with van der Waals surface area (Å²) in [6, 6.07) is 5.88. The molecule has 0 unspecified atom stereocenters. The summed E-state index contributed by atoms with van der Waals surface area (Å²) in [5, 5.41) is 0.662. The van der Waals surface area contributed by atoms with E-state index in [0.717, 1.165) is 24.3 Å². The van der Waals surface area contributed by atoms with Gasteiger partial charge < -0.3 is 8.85 Å². The minimum Gasteiger partial charge on any atom is -0.519 e. The van der Waals surface area contributed by atoms with Gasteiger partial charge in [0, 0.05) is 6.61 Å². The Balaban J connectivity index is 2.01. The Bertz CT molecular complexity index is 505. The fourth-order valence-corrected chi connectivity index (χ4v) is 4.86. The third-order valence-electron chi connectivity index (χ3n) is 4.89. The largest absolute Gasteiger partial charge is 0.519 e. The van der Waals surface area contributed by atoms with Crippen LogP contribution in [0.2, 0.25) is 18.1 Å². The average molecular weight is 413 g/mol. The molecule has 27 heavy (non-hydrogen) atoms. The van der Waals surface area contributed by atoms with Gasteiger partial charge in [0.15, 0.2) is 0 Å². The number of aryl methyl sites for hydroxylation is 1. The van der Waals surface area contributed by atoms with Gasteiger partial charge in [-0.25, -0.2) is 0 Å². The molecule has 0 bridgehead atoms. The van der Waals surface area contributed by atoms with Crippen molar-refractivity contribution in [3.8, 4) is 5.75 Å². The first-order valence-electron chi connectivity index (χ1n) is 11.0. The van der Waals surface area contributed by atoms with E-state index in [1.165, 1.54) is 70.6 Å². The molecule has 0 saturated carbocycles. The molecule has 1 rings (SSSR count). The van der Waals surface area contributed by atoms with Gasteiger partial charge in [-0.05, 0) is 44.1 Å². The van der Waals surface area contributed by atoms with E-state index in [4.69, 9.17) is 20.5 Å². The first-order valence-corrected chi connectivity index (χ1v) is 14.2. The topological polar surface area (TPSA) is 18.5 Å². The molecule has 0 aliphatic rings. The summed E-state index contributed by atoms with van der Waals surface area (Å²) in [6.07, 6.45) is 16.3. The summed E-state index contributed by atoms with van der Waals surface area (Å²) >= 11 is 6.23. The third-order valence-corrected chi connectivity index (χ3v) is 6.81. The lowest BCUT2D eigenvalue weighted by atomic mass is 10.1. The SMILES string of the molecule is CCCCCCCCCCCCCCO[Si](C)(C)Oc1cc(C)ccc1Cl. The predicted molar refractivity (Wildman–Crippen MR) is 121 cm³/mol. The van der Waals surface area contributed by atoms with Crippen molar-refractivity contribution in [1.82, 2.24) is 0 Å². The maximum Gasteiger partial charge on any atom is 0.392 e. The van der Waals surface area contributed by atoms with E-state index >= 15 is 0 Å². The maximum absolute atomic E-state index is 6.23. The summed E-state index contributed by atoms with van der Waals surface area (Å²) in [6.45, 7) is 9.30. The van der Waals surface area contributed by atoms with Crippen molar-refractivity contribution in [2.75, 3.05) is 6.61 Å². The minimum absolute atomic E-state index is 0.662. The van der Waals surface area contributed by atoms with Gasteiger partial charge in [0.2, 0.25) is 0 Å². The Labute approximate surface area is 174 Å². The molecular formula is C23H41ClO2Si. The second-order valence-corrected chi connectivity index (χ2v) is 11.9. The van der Waals surface area contributed by atoms with E-state index in [-0.39, 0.29) is 0 Å². The standard InChI is InChI=1S/C23H41ClO2Si/c1-5-6-7-8-9-10-11-12-13-14-15-16-19-25-27(3,4)26-23-20-21(2)17-18-22(23)24/h17-18,20H,5-16,19H2,1-4H3. The van der Waals surface area contributed by atoms with Gasteiger partial charge in [-0.2, -0.15) is 0 Å². The van der Waals surface area contributed by atoms with Crippen molar-refractivity contribution in [1.29, 1.82) is 0 Å². The van der Waals surface area contributed by atoms with E-state index < -0.39 is 8.56 Å². The molecule has 0 amide bonds. The van der Waals surface area contributed by atoms with Gasteiger partial charge in [-0.15, -0.1) is 0 Å². The van der Waals surface area contributed by atoms with Crippen LogP contribution in [0.15, 0.2) is 18.2 Å². The van der Waals surface area contributed by atoms with Crippen LogP contribution in [-0.4, -0.2) is 15.2 Å². The Morgan fingerprint density at radius 2 is 1.33 bits per heavy atom. The zero-order chi connectivity index (χ0) is 20.0. The molecule has 0 spiro atoms. The molecule has 0 aliphatic heterocycles. The van der Waals surface area contributed by atoms with Crippen LogP contribution >= 0.6 is 11.6 Å². The molecule has 0 heterocycles. The summed E-state index contributed by atoms with van der Waals surface area (Å²) in [5.74, 6) is 0.753. The average Bonchev–Trinajstić information content (AvgIpc) is 2.62. The first kappa shape index (κ1) is 24.5. The highest BCUT2D eigenvalue weighted by atomic mass is 35.5. The molecule has 0 fully saturated rings. The van der Waals surface area contributed by atoms with E-state index in [1.54, 1.807) is 0 Å². The zero-order valence-corrected chi connectivity index (χ0v) is 19.9. The zero-order valence-electron chi connectivity index (χ0n) is 18.1. The highest BCUT2D eigenvalue weighted by molar-refractivity contribution is 6.65. The van der Waals surface area contributed by atoms with Crippen molar-refractivity contribution in [2.45, 2.75) is 104 Å². The third kappa shape index (κ3) is 12.5. The van der Waals surface area contributed by atoms with Gasteiger partial charge in [0.1, 0.15) is 5.75 Å². The summed E-state index contributed by atoms with van der Waals surface area (Å²) in [5.41, 5.74) is 1.15. The number of benzene rings is 1. The van der Waals surface area contributed by atoms with Crippen LogP contribution in [0.1, 0.15) is 89.5 Å². The van der Waals surface area contributed by atoms with E-state index in [9.17, 15) is 0 Å². The Morgan fingerprint density at radius 3 is 1.89 bits per heavy atom. The van der Waals surface area contributed by atoms with Crippen LogP contribution in [0.5, 0.6) is 5.75 Å². The Hall–Kier alpha value is -0.513. The molecular weight excluding hydrogens is 372 g/mol. The second kappa shape index (κ2) is 14.5. The van der Waals surface area contributed by atoms with Crippen LogP contribution < -0.4 is 4.43 Å². The van der Waals surface area contributed by atoms with Crippen LogP contribution in [0.4, 0.5) is 0 Å². The lowest BCUT2D eigenvalue weighted by Crippen LogP contribution is -2.38. The molecule has 1 aromatic rings. The van der Waals surface area contributed by atoms with E-state index in [1.807, 2.05) is 25.1 Å². The number of unbranched alkanes of at least 4 members (excludes halogenated alkanes) is 11. The van der Waals surface area contributed by atoms with Crippen LogP contribution in [0, 0.1) is 6.92 Å². The molecule has 0 radical (unpaired) electrons. The number of hydrogen-bond donors (Lipinski definition) is 0. The smallest absolute Gasteiger partial charge is 0.392 e. The summed E-state index contributed by atoms with van der Waals surface area (Å²) in [4.78, 5) is 0. The molecule has 0 aromatic heterocycles. The van der Waals surface area contributed by atoms with Crippen LogP contribution in [-0.2, 0) is 4.43 Å². The lowest BCUT2D eigenvalue weighted by molar-refractivity contribution is 0.240. The molecule has 0 N–H and O–H groups in total. The number of rotatable bonds is 16. The van der Waals surface area contributed by atoms with Crippen molar-refractivity contribution in [2.24, 2.45) is 0 Å². The quantitative estimate of drug-likeness (QED) is 0.200. The van der Waals surface area contributed by atoms with Gasteiger partial charge >= 0.3 is 8.56 Å². The molecule has 156 valence electrons. The summed E-state index contributed by atoms with van der Waals surface area (Å²) in [7, 11) is -2.18. The van der Waals surface area contributed by atoms with Crippen LogP contribution in [0.3, 0.4) is 0 Å². The predicted octanol–water partition coefficient (Wildman–Crippen LogP) is 8.45. The van der Waals surface area contributed by atoms with Crippen molar-refractivity contribution >= 4 is 20.2 Å². The lowest BCUT2D eigenvalue weighted by Gasteiger charge is -2.24. The maximum atomic E-state index is 6.23. The Kier molecular flexibility index (Phi) is 13.2. The minimum atomic E-state index is -2.18. The molecule has 0 atom stereocenters. The number of halogens is 1. The van der Waals surface area contributed by atoms with Crippen LogP contribution in [0.25, 0.3) is 0 Å². The van der Waals surface area contributed by atoms with Gasteiger partial charge in [0.05, 0.1) is 5.02 Å². The first-order chi connectivity index (χ1) is 12.9. The van der Waals surface area contributed by atoms with E-state index in [0.29, 0.717) is 5.02 Å². The fraction of sp³-hybridized carbons (Fsp3) is 0.739. The number of hydrogen-bond acceptors (Lipinski definition) is 2. The van der Waals surface area contributed by atoms with Gasteiger partial charge in [-0.3, -0.25) is 0 Å². The molecule has 0 saturated heterocycles. The molecule has 1 aromatic carbocycles. The van der Waals surface area contributed by atoms with Crippen molar-refractivity contribution < 1.29 is 8.85 Å². The second-order valence-electron chi connectivity index (χ2n) is 8.17.